The summed E-state index contributed by atoms with van der Waals surface area (Å²) < 4.78 is 0. The number of aryl methyl sites for hydroxylation is 1. The van der Waals surface area contributed by atoms with Gasteiger partial charge in [-0.05, 0) is 30.7 Å². The Balaban J connectivity index is 2.38. The maximum Gasteiger partial charge on any atom is 0.259 e. The normalized spacial score (nSPS) is 10.4. The molecule has 0 fully saturated rings. The van der Waals surface area contributed by atoms with Crippen LogP contribution in [0.5, 0.6) is 0 Å². The molecule has 3 N–H and O–H groups in total. The Morgan fingerprint density at radius 2 is 2.00 bits per heavy atom. The first-order chi connectivity index (χ1) is 9.40. The highest BCUT2D eigenvalue weighted by Crippen LogP contribution is 2.29. The summed E-state index contributed by atoms with van der Waals surface area (Å²) in [6.45, 7) is 1.75. The summed E-state index contributed by atoms with van der Waals surface area (Å²) in [5, 5.41) is 3.27. The summed E-state index contributed by atoms with van der Waals surface area (Å²) >= 11 is 17.7. The minimum absolute atomic E-state index is 0.106. The summed E-state index contributed by atoms with van der Waals surface area (Å²) in [6.07, 6.45) is 0. The van der Waals surface area contributed by atoms with Crippen molar-refractivity contribution in [2.75, 3.05) is 11.1 Å². The first-order valence-corrected chi connectivity index (χ1v) is 6.71. The van der Waals surface area contributed by atoms with Gasteiger partial charge in [-0.15, -0.1) is 0 Å². The smallest absolute Gasteiger partial charge is 0.259 e. The lowest BCUT2D eigenvalue weighted by molar-refractivity contribution is 0.102. The molecule has 20 heavy (non-hydrogen) atoms. The van der Waals surface area contributed by atoms with Gasteiger partial charge in [0.2, 0.25) is 0 Å². The summed E-state index contributed by atoms with van der Waals surface area (Å²) in [7, 11) is 0. The zero-order valence-corrected chi connectivity index (χ0v) is 12.6. The Labute approximate surface area is 130 Å². The molecule has 0 radical (unpaired) electrons. The number of carbonyl (C=O) groups excluding carboxylic acids is 1. The molecule has 1 aromatic heterocycles. The fourth-order valence-corrected chi connectivity index (χ4v) is 2.55. The van der Waals surface area contributed by atoms with Crippen LogP contribution < -0.4 is 11.1 Å². The first-order valence-electron chi connectivity index (χ1n) is 5.58. The van der Waals surface area contributed by atoms with Gasteiger partial charge in [0.05, 0.1) is 16.3 Å². The number of halogens is 3. The fraction of sp³-hybridized carbons (Fsp3) is 0.0769. The van der Waals surface area contributed by atoms with Gasteiger partial charge in [0.15, 0.2) is 5.15 Å². The van der Waals surface area contributed by atoms with Crippen molar-refractivity contribution in [2.45, 2.75) is 6.92 Å². The van der Waals surface area contributed by atoms with Crippen molar-refractivity contribution >= 4 is 52.1 Å². The summed E-state index contributed by atoms with van der Waals surface area (Å²) in [6, 6.07) is 6.44. The molecule has 0 saturated carbocycles. The van der Waals surface area contributed by atoms with Gasteiger partial charge < -0.3 is 11.1 Å². The zero-order valence-electron chi connectivity index (χ0n) is 10.4. The molecule has 1 aromatic carbocycles. The number of carbonyl (C=O) groups is 1. The van der Waals surface area contributed by atoms with E-state index in [1.54, 1.807) is 31.2 Å². The Morgan fingerprint density at radius 3 is 2.60 bits per heavy atom. The third-order valence-electron chi connectivity index (χ3n) is 2.65. The van der Waals surface area contributed by atoms with Gasteiger partial charge in [-0.1, -0.05) is 40.9 Å². The Kier molecular flexibility index (Phi) is 4.38. The quantitative estimate of drug-likeness (QED) is 0.641. The number of nitrogens with one attached hydrogen (secondary N) is 1. The van der Waals surface area contributed by atoms with E-state index in [-0.39, 0.29) is 26.6 Å². The third-order valence-corrected chi connectivity index (χ3v) is 3.43. The van der Waals surface area contributed by atoms with Gasteiger partial charge >= 0.3 is 0 Å². The Hall–Kier alpha value is -1.49. The second kappa shape index (κ2) is 5.87. The molecule has 0 unspecified atom stereocenters. The lowest BCUT2D eigenvalue weighted by Gasteiger charge is -2.12. The molecular formula is C13H10Cl3N3O. The number of hydrogen-bond donors (Lipinski definition) is 2. The van der Waals surface area contributed by atoms with Crippen LogP contribution in [0.3, 0.4) is 0 Å². The molecule has 1 heterocycles. The molecule has 2 rings (SSSR count). The average Bonchev–Trinajstić information content (AvgIpc) is 2.33. The molecule has 0 aliphatic carbocycles. The highest BCUT2D eigenvalue weighted by molar-refractivity contribution is 6.37. The van der Waals surface area contributed by atoms with Crippen molar-refractivity contribution in [3.8, 4) is 0 Å². The van der Waals surface area contributed by atoms with Crippen LogP contribution in [0.25, 0.3) is 0 Å². The second-order valence-electron chi connectivity index (χ2n) is 4.09. The van der Waals surface area contributed by atoms with Crippen LogP contribution in [0.2, 0.25) is 15.3 Å². The fourth-order valence-electron chi connectivity index (χ4n) is 1.70. The summed E-state index contributed by atoms with van der Waals surface area (Å²) in [5.41, 5.74) is 7.30. The lowest BCUT2D eigenvalue weighted by Crippen LogP contribution is -2.16. The summed E-state index contributed by atoms with van der Waals surface area (Å²) in [5.74, 6) is -0.456. The number of hydrogen-bond acceptors (Lipinski definition) is 3. The SMILES string of the molecule is Cc1cc(Cl)nc(Cl)c1NC(=O)c1c(N)cccc1Cl. The molecule has 1 amide bonds. The van der Waals surface area contributed by atoms with Gasteiger partial charge in [-0.25, -0.2) is 4.98 Å². The van der Waals surface area contributed by atoms with Crippen LogP contribution in [-0.4, -0.2) is 10.9 Å². The van der Waals surface area contributed by atoms with Crippen LogP contribution in [0.15, 0.2) is 24.3 Å². The van der Waals surface area contributed by atoms with E-state index >= 15 is 0 Å². The number of pyridine rings is 1. The molecule has 0 atom stereocenters. The van der Waals surface area contributed by atoms with E-state index in [4.69, 9.17) is 40.5 Å². The minimum atomic E-state index is -0.456. The maximum absolute atomic E-state index is 12.3. The highest BCUT2D eigenvalue weighted by atomic mass is 35.5. The lowest BCUT2D eigenvalue weighted by atomic mass is 10.1. The third kappa shape index (κ3) is 2.98. The van der Waals surface area contributed by atoms with Gasteiger partial charge in [0.1, 0.15) is 5.15 Å². The molecular weight excluding hydrogens is 321 g/mol. The number of nitrogen functional groups attached to an aromatic ring is 1. The van der Waals surface area contributed by atoms with Crippen molar-refractivity contribution in [2.24, 2.45) is 0 Å². The topological polar surface area (TPSA) is 68.0 Å². The van der Waals surface area contributed by atoms with E-state index in [2.05, 4.69) is 10.3 Å². The standard InChI is InChI=1S/C13H10Cl3N3O/c1-6-5-9(15)18-12(16)11(6)19-13(20)10-7(14)3-2-4-8(10)17/h2-5H,17H2,1H3,(H,19,20). The number of nitrogens with zero attached hydrogens (tertiary/aromatic N) is 1. The number of amides is 1. The van der Waals surface area contributed by atoms with Crippen LogP contribution in [0, 0.1) is 6.92 Å². The molecule has 0 spiro atoms. The van der Waals surface area contributed by atoms with Crippen molar-refractivity contribution in [1.29, 1.82) is 0 Å². The monoisotopic (exact) mass is 329 g/mol. The second-order valence-corrected chi connectivity index (χ2v) is 5.24. The van der Waals surface area contributed by atoms with Crippen LogP contribution >= 0.6 is 34.8 Å². The highest BCUT2D eigenvalue weighted by Gasteiger charge is 2.17. The van der Waals surface area contributed by atoms with E-state index in [9.17, 15) is 4.79 Å². The first kappa shape index (κ1) is 14.9. The van der Waals surface area contributed by atoms with E-state index in [1.165, 1.54) is 0 Å². The predicted octanol–water partition coefficient (Wildman–Crippen LogP) is 4.18. The Bertz CT molecular complexity index is 645. The van der Waals surface area contributed by atoms with Gasteiger partial charge in [0, 0.05) is 5.69 Å². The van der Waals surface area contributed by atoms with Crippen LogP contribution in [0.4, 0.5) is 11.4 Å². The molecule has 0 aliphatic heterocycles. The predicted molar refractivity (Wildman–Crippen MR) is 82.8 cm³/mol. The molecule has 2 aromatic rings. The average molecular weight is 331 g/mol. The minimum Gasteiger partial charge on any atom is -0.398 e. The molecule has 104 valence electrons. The van der Waals surface area contributed by atoms with Gasteiger partial charge in [0.25, 0.3) is 5.91 Å². The van der Waals surface area contributed by atoms with Gasteiger partial charge in [-0.3, -0.25) is 4.79 Å². The number of rotatable bonds is 2. The van der Waals surface area contributed by atoms with Crippen molar-refractivity contribution in [3.63, 3.8) is 0 Å². The maximum atomic E-state index is 12.3. The number of aromatic nitrogens is 1. The zero-order chi connectivity index (χ0) is 14.9. The van der Waals surface area contributed by atoms with Crippen LogP contribution in [-0.2, 0) is 0 Å². The van der Waals surface area contributed by atoms with E-state index < -0.39 is 5.91 Å². The number of anilines is 2. The largest absolute Gasteiger partial charge is 0.398 e. The van der Waals surface area contributed by atoms with E-state index in [1.807, 2.05) is 0 Å². The number of nitrogens with two attached hydrogens (primary N) is 1. The number of benzene rings is 1. The molecule has 0 saturated heterocycles. The van der Waals surface area contributed by atoms with Gasteiger partial charge in [-0.2, -0.15) is 0 Å². The summed E-state index contributed by atoms with van der Waals surface area (Å²) in [4.78, 5) is 16.1. The molecule has 0 aliphatic rings. The van der Waals surface area contributed by atoms with Crippen LogP contribution in [0.1, 0.15) is 15.9 Å². The molecule has 7 heteroatoms. The van der Waals surface area contributed by atoms with Crippen molar-refractivity contribution < 1.29 is 4.79 Å². The van der Waals surface area contributed by atoms with Crippen molar-refractivity contribution in [1.82, 2.24) is 4.98 Å². The molecule has 0 bridgehead atoms. The Morgan fingerprint density at radius 1 is 1.30 bits per heavy atom. The molecule has 4 nitrogen and oxygen atoms in total. The van der Waals surface area contributed by atoms with E-state index in [0.717, 1.165) is 0 Å². The van der Waals surface area contributed by atoms with E-state index in [0.29, 0.717) is 11.3 Å². The van der Waals surface area contributed by atoms with Crippen molar-refractivity contribution in [3.05, 3.63) is 50.7 Å².